The number of halogens is 2. The van der Waals surface area contributed by atoms with Crippen molar-refractivity contribution in [3.63, 3.8) is 0 Å². The summed E-state index contributed by atoms with van der Waals surface area (Å²) in [7, 11) is 1.53. The van der Waals surface area contributed by atoms with Crippen molar-refractivity contribution in [2.45, 2.75) is 20.1 Å². The third-order valence-corrected chi connectivity index (χ3v) is 6.87. The van der Waals surface area contributed by atoms with Gasteiger partial charge in [0.15, 0.2) is 23.0 Å². The van der Waals surface area contributed by atoms with Gasteiger partial charge in [0.25, 0.3) is 5.91 Å². The van der Waals surface area contributed by atoms with Crippen LogP contribution < -0.4 is 24.4 Å². The molecule has 0 radical (unpaired) electrons. The van der Waals surface area contributed by atoms with Gasteiger partial charge in [-0.2, -0.15) is 5.10 Å². The van der Waals surface area contributed by atoms with Crippen LogP contribution in [0.1, 0.15) is 34.0 Å². The van der Waals surface area contributed by atoms with E-state index >= 15 is 0 Å². The van der Waals surface area contributed by atoms with E-state index in [2.05, 4.69) is 33.1 Å². The topological polar surface area (TPSA) is 78.4 Å². The van der Waals surface area contributed by atoms with Crippen molar-refractivity contribution < 1.29 is 23.7 Å². The summed E-state index contributed by atoms with van der Waals surface area (Å²) < 4.78 is 24.0. The lowest BCUT2D eigenvalue weighted by Crippen LogP contribution is -2.17. The summed E-state index contributed by atoms with van der Waals surface area (Å²) in [4.78, 5) is 12.8. The predicted octanol–water partition coefficient (Wildman–Crippen LogP) is 7.27. The minimum absolute atomic E-state index is 0.304. The molecule has 0 aliphatic rings. The van der Waals surface area contributed by atoms with Crippen LogP contribution in [0.15, 0.2) is 90.0 Å². The number of nitrogens with one attached hydrogen (secondary N) is 1. The predicted molar refractivity (Wildman–Crippen MR) is 165 cm³/mol. The molecule has 0 saturated carbocycles. The van der Waals surface area contributed by atoms with Crippen LogP contribution in [-0.4, -0.2) is 25.8 Å². The van der Waals surface area contributed by atoms with Crippen LogP contribution in [0, 0.1) is 3.57 Å². The monoisotopic (exact) mass is 670 g/mol. The zero-order valence-electron chi connectivity index (χ0n) is 22.0. The van der Waals surface area contributed by atoms with E-state index in [4.69, 9.17) is 30.5 Å². The highest BCUT2D eigenvalue weighted by Gasteiger charge is 2.14. The van der Waals surface area contributed by atoms with E-state index in [0.29, 0.717) is 53.4 Å². The van der Waals surface area contributed by atoms with Crippen molar-refractivity contribution in [3.05, 3.63) is 116 Å². The van der Waals surface area contributed by atoms with Crippen molar-refractivity contribution in [1.29, 1.82) is 0 Å². The third-order valence-electron chi connectivity index (χ3n) is 5.70. The maximum atomic E-state index is 12.8. The van der Waals surface area contributed by atoms with Crippen LogP contribution in [0.2, 0.25) is 5.02 Å². The van der Waals surface area contributed by atoms with Gasteiger partial charge in [-0.05, 0) is 77.0 Å². The van der Waals surface area contributed by atoms with E-state index in [1.165, 1.54) is 7.11 Å². The Morgan fingerprint density at radius 2 is 1.68 bits per heavy atom. The summed E-state index contributed by atoms with van der Waals surface area (Å²) in [6, 6.07) is 26.0. The number of methoxy groups -OCH3 is 1. The molecule has 0 aliphatic carbocycles. The van der Waals surface area contributed by atoms with Crippen LogP contribution >= 0.6 is 34.2 Å². The number of hydrogen-bond acceptors (Lipinski definition) is 6. The van der Waals surface area contributed by atoms with Gasteiger partial charge in [0.1, 0.15) is 13.2 Å². The molecule has 206 valence electrons. The largest absolute Gasteiger partial charge is 0.493 e. The highest BCUT2D eigenvalue weighted by atomic mass is 127. The molecule has 0 fully saturated rings. The Labute approximate surface area is 252 Å². The molecule has 0 saturated heterocycles. The molecule has 4 rings (SSSR count). The van der Waals surface area contributed by atoms with Gasteiger partial charge in [0.2, 0.25) is 0 Å². The Morgan fingerprint density at radius 1 is 0.900 bits per heavy atom. The molecule has 0 unspecified atom stereocenters. The molecule has 0 heterocycles. The molecule has 0 atom stereocenters. The molecule has 1 amide bonds. The van der Waals surface area contributed by atoms with E-state index < -0.39 is 0 Å². The van der Waals surface area contributed by atoms with Crippen molar-refractivity contribution in [1.82, 2.24) is 5.43 Å². The number of carbonyl (C=O) groups is 1. The Bertz CT molecular complexity index is 1480. The molecule has 0 aliphatic heterocycles. The second-order valence-corrected chi connectivity index (χ2v) is 10.1. The second-order valence-electron chi connectivity index (χ2n) is 8.48. The molecule has 1 N–H and O–H groups in total. The van der Waals surface area contributed by atoms with Gasteiger partial charge in [0.05, 0.1) is 23.5 Å². The number of ether oxygens (including phenoxy) is 4. The molecular formula is C31H28ClIN2O5. The smallest absolute Gasteiger partial charge is 0.271 e. The number of carbonyl (C=O) groups excluding carboxylic acids is 1. The SMILES string of the molecule is CCOc1cc(/C=N/NC(=O)c2ccc(OCc3ccccc3)c(OC)c2)cc(I)c1OCc1ccccc1Cl. The van der Waals surface area contributed by atoms with Gasteiger partial charge in [-0.25, -0.2) is 5.43 Å². The van der Waals surface area contributed by atoms with Gasteiger partial charge < -0.3 is 18.9 Å². The first-order chi connectivity index (χ1) is 19.5. The van der Waals surface area contributed by atoms with Crippen molar-refractivity contribution >= 4 is 46.3 Å². The first-order valence-electron chi connectivity index (χ1n) is 12.5. The highest BCUT2D eigenvalue weighted by Crippen LogP contribution is 2.35. The van der Waals surface area contributed by atoms with Crippen LogP contribution in [-0.2, 0) is 13.2 Å². The van der Waals surface area contributed by atoms with Crippen LogP contribution in [0.4, 0.5) is 0 Å². The summed E-state index contributed by atoms with van der Waals surface area (Å²) in [5.41, 5.74) is 5.59. The number of nitrogens with zero attached hydrogens (tertiary/aromatic N) is 1. The van der Waals surface area contributed by atoms with Crippen molar-refractivity contribution in [2.24, 2.45) is 5.10 Å². The van der Waals surface area contributed by atoms with E-state index in [9.17, 15) is 4.79 Å². The highest BCUT2D eigenvalue weighted by molar-refractivity contribution is 14.1. The molecule has 0 aromatic heterocycles. The van der Waals surface area contributed by atoms with Crippen molar-refractivity contribution in [2.75, 3.05) is 13.7 Å². The van der Waals surface area contributed by atoms with Gasteiger partial charge in [-0.3, -0.25) is 4.79 Å². The fourth-order valence-corrected chi connectivity index (χ4v) is 4.70. The average Bonchev–Trinajstić information content (AvgIpc) is 2.97. The maximum Gasteiger partial charge on any atom is 0.271 e. The van der Waals surface area contributed by atoms with Crippen LogP contribution in [0.3, 0.4) is 0 Å². The fraction of sp³-hybridized carbons (Fsp3) is 0.161. The summed E-state index contributed by atoms with van der Waals surface area (Å²) in [6.45, 7) is 3.05. The molecule has 7 nitrogen and oxygen atoms in total. The first kappa shape index (κ1) is 29.2. The molecule has 0 bridgehead atoms. The van der Waals surface area contributed by atoms with E-state index in [-0.39, 0.29) is 5.91 Å². The normalized spacial score (nSPS) is 10.8. The lowest BCUT2D eigenvalue weighted by Gasteiger charge is -2.15. The first-order valence-corrected chi connectivity index (χ1v) is 13.9. The average molecular weight is 671 g/mol. The van der Waals surface area contributed by atoms with E-state index in [0.717, 1.165) is 20.3 Å². The maximum absolute atomic E-state index is 12.8. The molecule has 40 heavy (non-hydrogen) atoms. The van der Waals surface area contributed by atoms with E-state index in [1.807, 2.05) is 73.7 Å². The minimum atomic E-state index is -0.386. The third kappa shape index (κ3) is 7.89. The Morgan fingerprint density at radius 3 is 2.42 bits per heavy atom. The number of amides is 1. The lowest BCUT2D eigenvalue weighted by molar-refractivity contribution is 0.0954. The van der Waals surface area contributed by atoms with Crippen LogP contribution in [0.5, 0.6) is 23.0 Å². The van der Waals surface area contributed by atoms with Crippen molar-refractivity contribution in [3.8, 4) is 23.0 Å². The lowest BCUT2D eigenvalue weighted by atomic mass is 10.2. The van der Waals surface area contributed by atoms with Gasteiger partial charge in [-0.1, -0.05) is 60.1 Å². The summed E-state index contributed by atoms with van der Waals surface area (Å²) in [5, 5.41) is 4.78. The fourth-order valence-electron chi connectivity index (χ4n) is 3.72. The molecule has 9 heteroatoms. The molecule has 4 aromatic rings. The standard InChI is InChI=1S/C31H28ClIN2O5/c1-3-38-29-16-22(15-26(33)30(29)40-20-24-11-7-8-12-25(24)32)18-34-35-31(36)23-13-14-27(28(17-23)37-2)39-19-21-9-5-4-6-10-21/h4-18H,3,19-20H2,1-2H3,(H,35,36)/b34-18+. The summed E-state index contributed by atoms with van der Waals surface area (Å²) >= 11 is 8.45. The molecular weight excluding hydrogens is 643 g/mol. The Balaban J connectivity index is 1.41. The summed E-state index contributed by atoms with van der Waals surface area (Å²) in [5.74, 6) is 1.80. The van der Waals surface area contributed by atoms with E-state index in [1.54, 1.807) is 24.4 Å². The van der Waals surface area contributed by atoms with Crippen LogP contribution in [0.25, 0.3) is 0 Å². The molecule has 4 aromatic carbocycles. The number of rotatable bonds is 12. The zero-order valence-corrected chi connectivity index (χ0v) is 24.9. The Kier molecular flexibility index (Phi) is 10.7. The zero-order chi connectivity index (χ0) is 28.3. The molecule has 0 spiro atoms. The van der Waals surface area contributed by atoms with Gasteiger partial charge in [-0.15, -0.1) is 0 Å². The van der Waals surface area contributed by atoms with Gasteiger partial charge in [0, 0.05) is 16.1 Å². The Hall–Kier alpha value is -3.76. The minimum Gasteiger partial charge on any atom is -0.493 e. The number of hydrazone groups is 1. The summed E-state index contributed by atoms with van der Waals surface area (Å²) in [6.07, 6.45) is 1.55. The van der Waals surface area contributed by atoms with Gasteiger partial charge >= 0.3 is 0 Å². The number of hydrogen-bond donors (Lipinski definition) is 1. The number of benzene rings is 4. The second kappa shape index (κ2) is 14.6. The quantitative estimate of drug-likeness (QED) is 0.0975.